The highest BCUT2D eigenvalue weighted by Crippen LogP contribution is 2.57. The second-order valence-electron chi connectivity index (χ2n) is 9.37. The average molecular weight is 572 g/mol. The zero-order valence-electron chi connectivity index (χ0n) is 21.5. The third kappa shape index (κ3) is 4.37. The topological polar surface area (TPSA) is 178 Å². The molecule has 6 rings (SSSR count). The van der Waals surface area contributed by atoms with E-state index in [1.165, 1.54) is 42.5 Å². The van der Waals surface area contributed by atoms with Gasteiger partial charge in [-0.1, -0.05) is 5.06 Å². The summed E-state index contributed by atoms with van der Waals surface area (Å²) in [6, 6.07) is 13.1. The quantitative estimate of drug-likeness (QED) is 0.214. The molecule has 0 aliphatic carbocycles. The summed E-state index contributed by atoms with van der Waals surface area (Å²) < 4.78 is 17.1. The normalized spacial score (nSPS) is 15.5. The van der Waals surface area contributed by atoms with Crippen LogP contribution in [0.3, 0.4) is 0 Å². The van der Waals surface area contributed by atoms with E-state index in [1.807, 2.05) is 0 Å². The van der Waals surface area contributed by atoms with Crippen LogP contribution in [0.2, 0.25) is 0 Å². The summed E-state index contributed by atoms with van der Waals surface area (Å²) >= 11 is 0. The molecule has 3 aliphatic heterocycles. The van der Waals surface area contributed by atoms with Gasteiger partial charge in [0.2, 0.25) is 0 Å². The van der Waals surface area contributed by atoms with Crippen molar-refractivity contribution < 1.29 is 53.2 Å². The summed E-state index contributed by atoms with van der Waals surface area (Å²) in [5, 5.41) is 23.1. The monoisotopic (exact) mass is 572 g/mol. The van der Waals surface area contributed by atoms with Crippen LogP contribution in [0.25, 0.3) is 0 Å². The smallest absolute Gasteiger partial charge is 0.358 e. The SMILES string of the molecule is O=C(COCCNC(=O)c1ccc2c(c1)C1(OC2=O)c2ccc(O)cc2Oc2cc(O)ccc21)ON1C(=O)C=CC1=O. The van der Waals surface area contributed by atoms with E-state index in [9.17, 15) is 34.2 Å². The summed E-state index contributed by atoms with van der Waals surface area (Å²) in [6.07, 6.45) is 1.92. The zero-order chi connectivity index (χ0) is 29.6. The molecule has 0 fully saturated rings. The lowest BCUT2D eigenvalue weighted by Gasteiger charge is -2.36. The van der Waals surface area contributed by atoms with Crippen molar-refractivity contribution in [3.63, 3.8) is 0 Å². The number of ether oxygens (including phenoxy) is 3. The number of phenolic OH excluding ortho intramolecular Hbond substituents is 2. The van der Waals surface area contributed by atoms with Crippen LogP contribution in [0, 0.1) is 0 Å². The molecule has 1 spiro atoms. The van der Waals surface area contributed by atoms with Crippen LogP contribution in [0.15, 0.2) is 66.7 Å². The van der Waals surface area contributed by atoms with Crippen molar-refractivity contribution in [1.29, 1.82) is 0 Å². The highest BCUT2D eigenvalue weighted by Gasteiger charge is 2.54. The lowest BCUT2D eigenvalue weighted by atomic mass is 9.77. The first-order valence-electron chi connectivity index (χ1n) is 12.5. The minimum atomic E-state index is -1.52. The summed E-state index contributed by atoms with van der Waals surface area (Å²) in [6.45, 7) is -0.673. The maximum atomic E-state index is 13.1. The first-order chi connectivity index (χ1) is 20.2. The molecule has 0 unspecified atom stereocenters. The van der Waals surface area contributed by atoms with Gasteiger partial charge in [0.05, 0.1) is 12.2 Å². The molecule has 3 N–H and O–H groups in total. The minimum absolute atomic E-state index is 0.00897. The van der Waals surface area contributed by atoms with Crippen LogP contribution in [0.1, 0.15) is 37.4 Å². The Kier molecular flexibility index (Phi) is 6.35. The van der Waals surface area contributed by atoms with E-state index in [2.05, 4.69) is 10.2 Å². The average Bonchev–Trinajstić information content (AvgIpc) is 3.43. The Morgan fingerprint density at radius 3 is 2.14 bits per heavy atom. The molecule has 13 heteroatoms. The molecule has 3 amide bonds. The predicted molar refractivity (Wildman–Crippen MR) is 138 cm³/mol. The van der Waals surface area contributed by atoms with Gasteiger partial charge in [-0.15, -0.1) is 0 Å². The van der Waals surface area contributed by atoms with Crippen molar-refractivity contribution >= 4 is 29.7 Å². The second kappa shape index (κ2) is 10.1. The molecular weight excluding hydrogens is 552 g/mol. The number of fused-ring (bicyclic) bond motifs is 6. The Morgan fingerprint density at radius 2 is 1.50 bits per heavy atom. The van der Waals surface area contributed by atoms with Crippen molar-refractivity contribution in [2.24, 2.45) is 0 Å². The van der Waals surface area contributed by atoms with Crippen molar-refractivity contribution in [3.05, 3.63) is 94.6 Å². The Hall–Kier alpha value is -5.69. The minimum Gasteiger partial charge on any atom is -0.508 e. The molecule has 212 valence electrons. The number of nitrogens with one attached hydrogen (secondary N) is 1. The van der Waals surface area contributed by atoms with Crippen LogP contribution >= 0.6 is 0 Å². The standard InChI is InChI=1S/C29H20N2O11/c32-16-2-5-19-22(12-16)40-23-13-17(33)3-6-20(23)29(19)21-11-15(1-4-18(21)28(38)41-29)27(37)30-9-10-39-14-26(36)42-31-24(34)7-8-25(31)35/h1-8,11-13,32-33H,9-10,14H2,(H,30,37). The van der Waals surface area contributed by atoms with Crippen LogP contribution in [-0.2, 0) is 34.3 Å². The molecule has 13 nitrogen and oxygen atoms in total. The zero-order valence-corrected chi connectivity index (χ0v) is 21.5. The molecule has 0 atom stereocenters. The van der Waals surface area contributed by atoms with Crippen molar-refractivity contribution in [3.8, 4) is 23.0 Å². The molecule has 0 aromatic heterocycles. The highest BCUT2D eigenvalue weighted by molar-refractivity contribution is 6.12. The molecule has 3 heterocycles. The molecule has 0 radical (unpaired) electrons. The largest absolute Gasteiger partial charge is 0.508 e. The van der Waals surface area contributed by atoms with Gasteiger partial charge in [0.15, 0.2) is 5.60 Å². The number of hydrogen-bond acceptors (Lipinski definition) is 11. The molecule has 0 bridgehead atoms. The van der Waals surface area contributed by atoms with Crippen molar-refractivity contribution in [2.45, 2.75) is 5.60 Å². The van der Waals surface area contributed by atoms with Crippen LogP contribution < -0.4 is 10.1 Å². The number of hydrogen-bond donors (Lipinski definition) is 3. The van der Waals surface area contributed by atoms with Gasteiger partial charge in [-0.25, -0.2) is 9.59 Å². The van der Waals surface area contributed by atoms with E-state index in [4.69, 9.17) is 14.2 Å². The Labute approximate surface area is 236 Å². The van der Waals surface area contributed by atoms with Gasteiger partial charge >= 0.3 is 11.9 Å². The lowest BCUT2D eigenvalue weighted by Crippen LogP contribution is -2.35. The second-order valence-corrected chi connectivity index (χ2v) is 9.37. The number of benzene rings is 3. The number of nitrogens with zero attached hydrogens (tertiary/aromatic N) is 1. The fourth-order valence-electron chi connectivity index (χ4n) is 4.94. The van der Waals surface area contributed by atoms with E-state index in [1.54, 1.807) is 12.1 Å². The third-order valence-corrected chi connectivity index (χ3v) is 6.75. The number of carbonyl (C=O) groups is 5. The number of aromatic hydroxyl groups is 2. The summed E-state index contributed by atoms with van der Waals surface area (Å²) in [5.74, 6) is -3.46. The van der Waals surface area contributed by atoms with Crippen LogP contribution in [-0.4, -0.2) is 64.7 Å². The number of esters is 1. The van der Waals surface area contributed by atoms with Crippen LogP contribution in [0.5, 0.6) is 23.0 Å². The first-order valence-corrected chi connectivity index (χ1v) is 12.5. The molecule has 0 saturated carbocycles. The van der Waals surface area contributed by atoms with E-state index in [0.29, 0.717) is 21.8 Å². The van der Waals surface area contributed by atoms with Gasteiger partial charge < -0.3 is 34.6 Å². The fourth-order valence-corrected chi connectivity index (χ4v) is 4.94. The molecule has 3 aromatic rings. The number of carbonyl (C=O) groups excluding carboxylic acids is 5. The first kappa shape index (κ1) is 26.5. The van der Waals surface area contributed by atoms with Gasteiger partial charge in [0, 0.05) is 53.1 Å². The third-order valence-electron chi connectivity index (χ3n) is 6.75. The maximum absolute atomic E-state index is 13.1. The Morgan fingerprint density at radius 1 is 0.857 bits per heavy atom. The molecular formula is C29H20N2O11. The van der Waals surface area contributed by atoms with Crippen molar-refractivity contribution in [1.82, 2.24) is 10.4 Å². The Balaban J connectivity index is 1.19. The predicted octanol–water partition coefficient (Wildman–Crippen LogP) is 1.80. The highest BCUT2D eigenvalue weighted by atomic mass is 16.7. The summed E-state index contributed by atoms with van der Waals surface area (Å²) in [5.41, 5.74) is 0.0781. The van der Waals surface area contributed by atoms with E-state index in [0.717, 1.165) is 12.2 Å². The number of hydroxylamine groups is 2. The Bertz CT molecular complexity index is 1660. The lowest BCUT2D eigenvalue weighted by molar-refractivity contribution is -0.199. The van der Waals surface area contributed by atoms with Gasteiger partial charge in [-0.2, -0.15) is 0 Å². The molecule has 3 aromatic carbocycles. The molecule has 3 aliphatic rings. The number of amides is 3. The van der Waals surface area contributed by atoms with Gasteiger partial charge in [-0.3, -0.25) is 14.4 Å². The van der Waals surface area contributed by atoms with E-state index in [-0.39, 0.29) is 47.3 Å². The van der Waals surface area contributed by atoms with Crippen LogP contribution in [0.4, 0.5) is 0 Å². The molecule has 0 saturated heterocycles. The maximum Gasteiger partial charge on any atom is 0.358 e. The van der Waals surface area contributed by atoms with Gasteiger partial charge in [-0.05, 0) is 42.5 Å². The summed E-state index contributed by atoms with van der Waals surface area (Å²) in [4.78, 5) is 65.4. The van der Waals surface area contributed by atoms with Crippen molar-refractivity contribution in [2.75, 3.05) is 19.8 Å². The number of phenols is 2. The van der Waals surface area contributed by atoms with E-state index >= 15 is 0 Å². The molecule has 42 heavy (non-hydrogen) atoms. The number of rotatable bonds is 7. The van der Waals surface area contributed by atoms with Gasteiger partial charge in [0.1, 0.15) is 29.6 Å². The number of imide groups is 1. The fraction of sp³-hybridized carbons (Fsp3) is 0.138. The summed E-state index contributed by atoms with van der Waals surface area (Å²) in [7, 11) is 0. The van der Waals surface area contributed by atoms with E-state index < -0.39 is 41.9 Å². The van der Waals surface area contributed by atoms with Gasteiger partial charge in [0.25, 0.3) is 17.7 Å².